The average Bonchev–Trinajstić information content (AvgIpc) is 3.59. The number of primary amides is 1. The SMILES string of the molecule is NC(=O)c1nsc(C(=O)N(Cc2ccc3c(c2)OCO3)C(C(=O)NCc2ccccc2)c2ccc(O)cc2)c1N. The van der Waals surface area contributed by atoms with Gasteiger partial charge in [-0.2, -0.15) is 4.37 Å². The fourth-order valence-corrected chi connectivity index (χ4v) is 5.05. The number of rotatable bonds is 9. The van der Waals surface area contributed by atoms with Crippen molar-refractivity contribution < 1.29 is 29.0 Å². The molecule has 11 nitrogen and oxygen atoms in total. The first kappa shape index (κ1) is 26.5. The second-order valence-electron chi connectivity index (χ2n) is 8.96. The van der Waals surface area contributed by atoms with E-state index in [4.69, 9.17) is 20.9 Å². The number of carbonyl (C=O) groups is 3. The Morgan fingerprint density at radius 1 is 1.00 bits per heavy atom. The molecule has 12 heteroatoms. The summed E-state index contributed by atoms with van der Waals surface area (Å²) in [7, 11) is 0. The zero-order valence-electron chi connectivity index (χ0n) is 21.1. The maximum atomic E-state index is 14.1. The summed E-state index contributed by atoms with van der Waals surface area (Å²) in [4.78, 5) is 41.0. The fourth-order valence-electron chi connectivity index (χ4n) is 4.29. The third-order valence-electron chi connectivity index (χ3n) is 6.28. The largest absolute Gasteiger partial charge is 0.508 e. The normalized spacial score (nSPS) is 12.5. The Morgan fingerprint density at radius 3 is 2.42 bits per heavy atom. The Hall–Kier alpha value is -5.10. The smallest absolute Gasteiger partial charge is 0.270 e. The molecule has 4 aromatic rings. The maximum absolute atomic E-state index is 14.1. The molecule has 40 heavy (non-hydrogen) atoms. The minimum absolute atomic E-state index is 0.00126. The van der Waals surface area contributed by atoms with E-state index in [0.717, 1.165) is 17.1 Å². The molecular weight excluding hydrogens is 534 g/mol. The van der Waals surface area contributed by atoms with Gasteiger partial charge in [-0.15, -0.1) is 0 Å². The highest BCUT2D eigenvalue weighted by atomic mass is 32.1. The van der Waals surface area contributed by atoms with Gasteiger partial charge in [-0.3, -0.25) is 14.4 Å². The molecule has 0 fully saturated rings. The molecule has 1 aliphatic rings. The first-order valence-electron chi connectivity index (χ1n) is 12.2. The van der Waals surface area contributed by atoms with E-state index in [0.29, 0.717) is 22.6 Å². The van der Waals surface area contributed by atoms with Gasteiger partial charge in [-0.25, -0.2) is 0 Å². The second-order valence-corrected chi connectivity index (χ2v) is 9.73. The number of nitrogens with zero attached hydrogens (tertiary/aromatic N) is 2. The molecule has 3 aromatic carbocycles. The number of carbonyl (C=O) groups excluding carboxylic acids is 3. The monoisotopic (exact) mass is 559 g/mol. The average molecular weight is 560 g/mol. The van der Waals surface area contributed by atoms with Gasteiger partial charge in [0.2, 0.25) is 12.7 Å². The topological polar surface area (TPSA) is 170 Å². The molecule has 0 radical (unpaired) electrons. The number of phenols is 1. The van der Waals surface area contributed by atoms with Crippen molar-refractivity contribution in [2.45, 2.75) is 19.1 Å². The van der Waals surface area contributed by atoms with Gasteiger partial charge in [0.1, 0.15) is 16.7 Å². The molecule has 1 atom stereocenters. The third kappa shape index (κ3) is 5.52. The number of nitrogens with two attached hydrogens (primary N) is 2. The molecule has 3 amide bonds. The van der Waals surface area contributed by atoms with E-state index >= 15 is 0 Å². The van der Waals surface area contributed by atoms with Crippen LogP contribution >= 0.6 is 11.5 Å². The highest BCUT2D eigenvalue weighted by Gasteiger charge is 2.35. The summed E-state index contributed by atoms with van der Waals surface area (Å²) >= 11 is 0.725. The van der Waals surface area contributed by atoms with Crippen molar-refractivity contribution in [3.63, 3.8) is 0 Å². The molecule has 1 aliphatic heterocycles. The first-order valence-corrected chi connectivity index (χ1v) is 12.9. The zero-order chi connectivity index (χ0) is 28.2. The lowest BCUT2D eigenvalue weighted by molar-refractivity contribution is -0.126. The number of fused-ring (bicyclic) bond motifs is 1. The summed E-state index contributed by atoms with van der Waals surface area (Å²) in [5, 5.41) is 12.8. The minimum Gasteiger partial charge on any atom is -0.508 e. The number of anilines is 1. The molecule has 0 aliphatic carbocycles. The molecule has 0 saturated carbocycles. The number of nitrogen functional groups attached to an aromatic ring is 1. The molecule has 0 spiro atoms. The predicted octanol–water partition coefficient (Wildman–Crippen LogP) is 2.96. The summed E-state index contributed by atoms with van der Waals surface area (Å²) in [5.74, 6) is -0.901. The van der Waals surface area contributed by atoms with Crippen molar-refractivity contribution in [2.24, 2.45) is 5.73 Å². The molecule has 2 heterocycles. The van der Waals surface area contributed by atoms with Crippen molar-refractivity contribution in [2.75, 3.05) is 12.5 Å². The highest BCUT2D eigenvalue weighted by Crippen LogP contribution is 2.35. The van der Waals surface area contributed by atoms with E-state index in [1.54, 1.807) is 30.3 Å². The molecule has 1 unspecified atom stereocenters. The lowest BCUT2D eigenvalue weighted by atomic mass is 10.0. The number of aromatic nitrogens is 1. The van der Waals surface area contributed by atoms with Crippen LogP contribution < -0.4 is 26.3 Å². The van der Waals surface area contributed by atoms with E-state index < -0.39 is 23.8 Å². The third-order valence-corrected chi connectivity index (χ3v) is 7.14. The molecule has 204 valence electrons. The van der Waals surface area contributed by atoms with E-state index in [-0.39, 0.29) is 41.9 Å². The lowest BCUT2D eigenvalue weighted by Gasteiger charge is -2.31. The predicted molar refractivity (Wildman–Crippen MR) is 147 cm³/mol. The summed E-state index contributed by atoms with van der Waals surface area (Å²) in [6.45, 7) is 0.255. The Labute approximate surface area is 233 Å². The summed E-state index contributed by atoms with van der Waals surface area (Å²) in [6.07, 6.45) is 0. The lowest BCUT2D eigenvalue weighted by Crippen LogP contribution is -2.43. The summed E-state index contributed by atoms with van der Waals surface area (Å²) in [5.41, 5.74) is 13.1. The Kier molecular flexibility index (Phi) is 7.51. The van der Waals surface area contributed by atoms with Gasteiger partial charge < -0.3 is 36.3 Å². The number of phenolic OH excluding ortho intramolecular Hbond substituents is 1. The van der Waals surface area contributed by atoms with E-state index in [2.05, 4.69) is 9.69 Å². The molecule has 0 bridgehead atoms. The first-order chi connectivity index (χ1) is 19.3. The zero-order valence-corrected chi connectivity index (χ0v) is 21.9. The molecular formula is C28H25N5O6S. The van der Waals surface area contributed by atoms with Gasteiger partial charge in [0.15, 0.2) is 17.2 Å². The fraction of sp³-hybridized carbons (Fsp3) is 0.143. The molecule has 1 aromatic heterocycles. The molecule has 6 N–H and O–H groups in total. The van der Waals surface area contributed by atoms with Crippen LogP contribution in [0.25, 0.3) is 0 Å². The Balaban J connectivity index is 1.56. The van der Waals surface area contributed by atoms with Crippen molar-refractivity contribution in [3.8, 4) is 17.2 Å². The van der Waals surface area contributed by atoms with Crippen LogP contribution in [0.15, 0.2) is 72.8 Å². The second kappa shape index (κ2) is 11.3. The number of benzene rings is 3. The van der Waals surface area contributed by atoms with Crippen LogP contribution in [0.5, 0.6) is 17.2 Å². The number of nitrogens with one attached hydrogen (secondary N) is 1. The minimum atomic E-state index is -1.15. The standard InChI is InChI=1S/C28H25N5O6S/c29-22-23(26(30)35)32-40-25(22)28(37)33(14-17-6-11-20-21(12-17)39-15-38-20)24(18-7-9-19(34)10-8-18)27(36)31-13-16-4-2-1-3-5-16/h1-12,24,34H,13-15,29H2,(H2,30,35)(H,31,36). The van der Waals surface area contributed by atoms with Gasteiger partial charge in [0, 0.05) is 13.1 Å². The Morgan fingerprint density at radius 2 is 1.73 bits per heavy atom. The Bertz CT molecular complexity index is 1560. The molecule has 5 rings (SSSR count). The van der Waals surface area contributed by atoms with E-state index in [1.807, 2.05) is 30.3 Å². The van der Waals surface area contributed by atoms with Crippen LogP contribution in [-0.2, 0) is 17.9 Å². The summed E-state index contributed by atoms with van der Waals surface area (Å²) in [6, 6.07) is 19.4. The van der Waals surface area contributed by atoms with Crippen LogP contribution in [-0.4, -0.2) is 38.9 Å². The number of ether oxygens (including phenoxy) is 2. The summed E-state index contributed by atoms with van der Waals surface area (Å²) < 4.78 is 14.9. The number of aromatic hydroxyl groups is 1. The van der Waals surface area contributed by atoms with E-state index in [1.165, 1.54) is 17.0 Å². The van der Waals surface area contributed by atoms with Gasteiger partial charge in [0.05, 0.1) is 5.69 Å². The van der Waals surface area contributed by atoms with Crippen LogP contribution in [0.2, 0.25) is 0 Å². The van der Waals surface area contributed by atoms with Crippen molar-refractivity contribution >= 4 is 34.9 Å². The van der Waals surface area contributed by atoms with Crippen molar-refractivity contribution in [1.82, 2.24) is 14.6 Å². The number of amides is 3. The van der Waals surface area contributed by atoms with Crippen LogP contribution in [0.1, 0.15) is 42.9 Å². The van der Waals surface area contributed by atoms with Gasteiger partial charge in [0.25, 0.3) is 11.8 Å². The van der Waals surface area contributed by atoms with Crippen LogP contribution in [0.4, 0.5) is 5.69 Å². The number of hydrogen-bond acceptors (Lipinski definition) is 9. The molecule has 0 saturated heterocycles. The van der Waals surface area contributed by atoms with Crippen LogP contribution in [0, 0.1) is 0 Å². The quantitative estimate of drug-likeness (QED) is 0.242. The van der Waals surface area contributed by atoms with Crippen molar-refractivity contribution in [1.29, 1.82) is 0 Å². The van der Waals surface area contributed by atoms with Gasteiger partial charge >= 0.3 is 0 Å². The van der Waals surface area contributed by atoms with Gasteiger partial charge in [-0.05, 0) is 52.5 Å². The van der Waals surface area contributed by atoms with Crippen LogP contribution in [0.3, 0.4) is 0 Å². The van der Waals surface area contributed by atoms with Gasteiger partial charge in [-0.1, -0.05) is 48.5 Å². The highest BCUT2D eigenvalue weighted by molar-refractivity contribution is 7.09. The number of hydrogen-bond donors (Lipinski definition) is 4. The maximum Gasteiger partial charge on any atom is 0.270 e. The van der Waals surface area contributed by atoms with E-state index in [9.17, 15) is 19.5 Å². The van der Waals surface area contributed by atoms with Crippen molar-refractivity contribution in [3.05, 3.63) is 100 Å².